The minimum Gasteiger partial charge on any atom is -0.389 e. The molecule has 0 atom stereocenters. The van der Waals surface area contributed by atoms with Crippen molar-refractivity contribution in [1.29, 1.82) is 0 Å². The second-order valence-electron chi connectivity index (χ2n) is 3.18. The highest BCUT2D eigenvalue weighted by molar-refractivity contribution is 5.79. The Morgan fingerprint density at radius 3 is 2.31 bits per heavy atom. The standard InChI is InChI=1S/C10H21NO2/c1-3-11(4-2)8-6-5-7-10(13)9-12/h12H,3-9H2,1-2H3. The molecule has 0 rings (SSSR count). The zero-order valence-electron chi connectivity index (χ0n) is 8.75. The third-order valence-electron chi connectivity index (χ3n) is 2.25. The van der Waals surface area contributed by atoms with E-state index in [2.05, 4.69) is 18.7 Å². The molecule has 0 aliphatic carbocycles. The number of aliphatic hydroxyl groups excluding tert-OH is 1. The van der Waals surface area contributed by atoms with Gasteiger partial charge in [-0.1, -0.05) is 13.8 Å². The molecule has 0 aliphatic heterocycles. The summed E-state index contributed by atoms with van der Waals surface area (Å²) in [6, 6.07) is 0. The Bertz CT molecular complexity index is 133. The van der Waals surface area contributed by atoms with E-state index in [1.165, 1.54) is 0 Å². The summed E-state index contributed by atoms with van der Waals surface area (Å²) in [5.41, 5.74) is 0. The highest BCUT2D eigenvalue weighted by atomic mass is 16.3. The second-order valence-corrected chi connectivity index (χ2v) is 3.18. The molecule has 0 aromatic rings. The van der Waals surface area contributed by atoms with E-state index < -0.39 is 0 Å². The van der Waals surface area contributed by atoms with Gasteiger partial charge in [-0.25, -0.2) is 0 Å². The Labute approximate surface area is 80.7 Å². The minimum absolute atomic E-state index is 0.0421. The van der Waals surface area contributed by atoms with E-state index in [-0.39, 0.29) is 12.4 Å². The number of carbonyl (C=O) groups is 1. The van der Waals surface area contributed by atoms with Gasteiger partial charge in [-0.15, -0.1) is 0 Å². The van der Waals surface area contributed by atoms with Gasteiger partial charge in [-0.3, -0.25) is 4.79 Å². The Balaban J connectivity index is 3.28. The summed E-state index contributed by atoms with van der Waals surface area (Å²) >= 11 is 0. The highest BCUT2D eigenvalue weighted by Gasteiger charge is 2.01. The molecule has 13 heavy (non-hydrogen) atoms. The number of ketones is 1. The molecular weight excluding hydrogens is 166 g/mol. The van der Waals surface area contributed by atoms with E-state index in [0.29, 0.717) is 6.42 Å². The Hall–Kier alpha value is -0.410. The van der Waals surface area contributed by atoms with Crippen molar-refractivity contribution in [3.8, 4) is 0 Å². The third kappa shape index (κ3) is 6.72. The lowest BCUT2D eigenvalue weighted by Crippen LogP contribution is -2.24. The minimum atomic E-state index is -0.300. The maximum Gasteiger partial charge on any atom is 0.158 e. The Kier molecular flexibility index (Phi) is 7.94. The molecule has 0 heterocycles. The van der Waals surface area contributed by atoms with Crippen molar-refractivity contribution in [3.63, 3.8) is 0 Å². The van der Waals surface area contributed by atoms with E-state index in [1.54, 1.807) is 0 Å². The molecule has 1 N–H and O–H groups in total. The van der Waals surface area contributed by atoms with E-state index in [9.17, 15) is 4.79 Å². The molecule has 0 fully saturated rings. The summed E-state index contributed by atoms with van der Waals surface area (Å²) in [4.78, 5) is 13.1. The van der Waals surface area contributed by atoms with Crippen LogP contribution in [0.4, 0.5) is 0 Å². The van der Waals surface area contributed by atoms with Gasteiger partial charge in [0.1, 0.15) is 6.61 Å². The molecule has 0 radical (unpaired) electrons. The number of hydrogen-bond donors (Lipinski definition) is 1. The number of carbonyl (C=O) groups excluding carboxylic acids is 1. The molecule has 3 nitrogen and oxygen atoms in total. The molecule has 0 amide bonds. The van der Waals surface area contributed by atoms with Crippen LogP contribution in [0.3, 0.4) is 0 Å². The van der Waals surface area contributed by atoms with E-state index in [1.807, 2.05) is 0 Å². The van der Waals surface area contributed by atoms with Crippen molar-refractivity contribution in [2.45, 2.75) is 33.1 Å². The first-order valence-electron chi connectivity index (χ1n) is 5.09. The van der Waals surface area contributed by atoms with Gasteiger partial charge in [0.05, 0.1) is 0 Å². The van der Waals surface area contributed by atoms with Crippen molar-refractivity contribution in [3.05, 3.63) is 0 Å². The number of Topliss-reactive ketones (excluding diaryl/α,β-unsaturated/α-hetero) is 1. The zero-order chi connectivity index (χ0) is 10.1. The predicted octanol–water partition coefficient (Wildman–Crippen LogP) is 1.06. The highest BCUT2D eigenvalue weighted by Crippen LogP contribution is 1.99. The predicted molar refractivity (Wildman–Crippen MR) is 53.7 cm³/mol. The molecule has 0 aliphatic rings. The summed E-state index contributed by atoms with van der Waals surface area (Å²) in [7, 11) is 0. The molecule has 0 saturated carbocycles. The smallest absolute Gasteiger partial charge is 0.158 e. The van der Waals surface area contributed by atoms with Crippen LogP contribution in [-0.2, 0) is 4.79 Å². The van der Waals surface area contributed by atoms with Gasteiger partial charge in [0.25, 0.3) is 0 Å². The van der Waals surface area contributed by atoms with E-state index >= 15 is 0 Å². The van der Waals surface area contributed by atoms with E-state index in [0.717, 1.165) is 32.5 Å². The quantitative estimate of drug-likeness (QED) is 0.578. The molecule has 0 saturated heterocycles. The fraction of sp³-hybridized carbons (Fsp3) is 0.900. The first kappa shape index (κ1) is 12.6. The van der Waals surface area contributed by atoms with Gasteiger partial charge >= 0.3 is 0 Å². The fourth-order valence-corrected chi connectivity index (χ4v) is 1.28. The van der Waals surface area contributed by atoms with Gasteiger partial charge in [0.2, 0.25) is 0 Å². The van der Waals surface area contributed by atoms with Gasteiger partial charge in [0.15, 0.2) is 5.78 Å². The van der Waals surface area contributed by atoms with Crippen molar-refractivity contribution in [2.24, 2.45) is 0 Å². The summed E-state index contributed by atoms with van der Waals surface area (Å²) in [6.45, 7) is 7.19. The number of aliphatic hydroxyl groups is 1. The van der Waals surface area contributed by atoms with Crippen LogP contribution >= 0.6 is 0 Å². The molecule has 0 spiro atoms. The molecule has 0 bridgehead atoms. The summed E-state index contributed by atoms with van der Waals surface area (Å²) in [6.07, 6.45) is 2.47. The molecule has 0 aromatic heterocycles. The van der Waals surface area contributed by atoms with Crippen LogP contribution in [0.1, 0.15) is 33.1 Å². The molecular formula is C10H21NO2. The fourth-order valence-electron chi connectivity index (χ4n) is 1.28. The number of rotatable bonds is 8. The maximum absolute atomic E-state index is 10.7. The van der Waals surface area contributed by atoms with E-state index in [4.69, 9.17) is 5.11 Å². The monoisotopic (exact) mass is 187 g/mol. The van der Waals surface area contributed by atoms with Crippen LogP contribution in [0, 0.1) is 0 Å². The summed E-state index contributed by atoms with van der Waals surface area (Å²) in [5, 5.41) is 8.48. The average Bonchev–Trinajstić information content (AvgIpc) is 2.18. The summed E-state index contributed by atoms with van der Waals surface area (Å²) in [5.74, 6) is -0.0421. The van der Waals surface area contributed by atoms with Crippen LogP contribution < -0.4 is 0 Å². The normalized spacial score (nSPS) is 10.8. The first-order chi connectivity index (χ1) is 6.24. The van der Waals surface area contributed by atoms with Gasteiger partial charge in [-0.2, -0.15) is 0 Å². The van der Waals surface area contributed by atoms with Crippen LogP contribution in [-0.4, -0.2) is 42.0 Å². The number of nitrogens with zero attached hydrogens (tertiary/aromatic N) is 1. The molecule has 0 unspecified atom stereocenters. The van der Waals surface area contributed by atoms with Crippen LogP contribution in [0.2, 0.25) is 0 Å². The molecule has 3 heteroatoms. The van der Waals surface area contributed by atoms with Crippen LogP contribution in [0.15, 0.2) is 0 Å². The largest absolute Gasteiger partial charge is 0.389 e. The van der Waals surface area contributed by atoms with Gasteiger partial charge < -0.3 is 10.0 Å². The SMILES string of the molecule is CCN(CC)CCCCC(=O)CO. The number of hydrogen-bond acceptors (Lipinski definition) is 3. The molecule has 78 valence electrons. The lowest BCUT2D eigenvalue weighted by Gasteiger charge is -2.17. The topological polar surface area (TPSA) is 40.5 Å². The van der Waals surface area contributed by atoms with Crippen molar-refractivity contribution >= 4 is 5.78 Å². The third-order valence-corrected chi connectivity index (χ3v) is 2.25. The lowest BCUT2D eigenvalue weighted by atomic mass is 10.2. The van der Waals surface area contributed by atoms with Gasteiger partial charge in [-0.05, 0) is 32.5 Å². The second kappa shape index (κ2) is 8.20. The van der Waals surface area contributed by atoms with Crippen molar-refractivity contribution in [1.82, 2.24) is 4.90 Å². The number of unbranched alkanes of at least 4 members (excludes halogenated alkanes) is 1. The zero-order valence-corrected chi connectivity index (χ0v) is 8.75. The molecule has 0 aromatic carbocycles. The average molecular weight is 187 g/mol. The summed E-state index contributed by atoms with van der Waals surface area (Å²) < 4.78 is 0. The maximum atomic E-state index is 10.7. The van der Waals surface area contributed by atoms with Crippen molar-refractivity contribution in [2.75, 3.05) is 26.2 Å². The van der Waals surface area contributed by atoms with Crippen LogP contribution in [0.5, 0.6) is 0 Å². The first-order valence-corrected chi connectivity index (χ1v) is 5.09. The van der Waals surface area contributed by atoms with Crippen molar-refractivity contribution < 1.29 is 9.90 Å². The lowest BCUT2D eigenvalue weighted by molar-refractivity contribution is -0.121. The van der Waals surface area contributed by atoms with Gasteiger partial charge in [0, 0.05) is 6.42 Å². The Morgan fingerprint density at radius 2 is 1.85 bits per heavy atom. The van der Waals surface area contributed by atoms with Crippen LogP contribution in [0.25, 0.3) is 0 Å². The Morgan fingerprint density at radius 1 is 1.23 bits per heavy atom.